The fourth-order valence-corrected chi connectivity index (χ4v) is 2.90. The van der Waals surface area contributed by atoms with Gasteiger partial charge in [0.15, 0.2) is 0 Å². The Balaban J connectivity index is 1.77. The van der Waals surface area contributed by atoms with Crippen molar-refractivity contribution < 1.29 is 14.3 Å². The number of benzene rings is 1. The summed E-state index contributed by atoms with van der Waals surface area (Å²) >= 11 is 0. The highest BCUT2D eigenvalue weighted by Gasteiger charge is 2.40. The van der Waals surface area contributed by atoms with E-state index >= 15 is 0 Å². The predicted molar refractivity (Wildman–Crippen MR) is 82.3 cm³/mol. The first kappa shape index (κ1) is 15.8. The summed E-state index contributed by atoms with van der Waals surface area (Å²) in [4.78, 5) is 12.4. The summed E-state index contributed by atoms with van der Waals surface area (Å²) in [5.41, 5.74) is -0.334. The minimum atomic E-state index is -0.334. The zero-order valence-electron chi connectivity index (χ0n) is 12.8. The Hall–Kier alpha value is -1.55. The summed E-state index contributed by atoms with van der Waals surface area (Å²) in [5, 5.41) is 3.33. The van der Waals surface area contributed by atoms with Gasteiger partial charge >= 0.3 is 5.97 Å². The van der Waals surface area contributed by atoms with E-state index in [0.29, 0.717) is 13.2 Å². The summed E-state index contributed by atoms with van der Waals surface area (Å²) in [6, 6.07) is 9.57. The van der Waals surface area contributed by atoms with Crippen molar-refractivity contribution in [1.29, 1.82) is 0 Å². The molecule has 1 saturated heterocycles. The first-order chi connectivity index (χ1) is 10.3. The molecule has 1 fully saturated rings. The van der Waals surface area contributed by atoms with Crippen LogP contribution in [0, 0.1) is 5.41 Å². The number of hydrogen-bond donors (Lipinski definition) is 1. The maximum atomic E-state index is 12.4. The molecule has 4 nitrogen and oxygen atoms in total. The third kappa shape index (κ3) is 4.46. The Morgan fingerprint density at radius 2 is 2.10 bits per heavy atom. The lowest BCUT2D eigenvalue weighted by Crippen LogP contribution is -2.46. The molecule has 0 spiro atoms. The number of para-hydroxylation sites is 1. The zero-order valence-corrected chi connectivity index (χ0v) is 12.8. The van der Waals surface area contributed by atoms with E-state index in [-0.39, 0.29) is 11.4 Å². The molecular formula is C17H25NO3. The molecule has 2 rings (SSSR count). The molecule has 0 saturated carbocycles. The van der Waals surface area contributed by atoms with Crippen LogP contribution in [0.5, 0.6) is 5.75 Å². The molecule has 1 aliphatic heterocycles. The van der Waals surface area contributed by atoms with E-state index in [4.69, 9.17) is 9.47 Å². The van der Waals surface area contributed by atoms with Gasteiger partial charge in [-0.05, 0) is 37.9 Å². The Bertz CT molecular complexity index is 421. The van der Waals surface area contributed by atoms with Crippen molar-refractivity contribution in [1.82, 2.24) is 5.32 Å². The van der Waals surface area contributed by atoms with E-state index in [1.807, 2.05) is 30.3 Å². The standard InChI is InChI=1S/C17H25NO3/c1-2-9-17(10-6-11-18-14-17)16(19)21-13-12-20-15-7-4-3-5-8-15/h3-5,7-8,18H,2,6,9-14H2,1H3. The van der Waals surface area contributed by atoms with Crippen LogP contribution in [0.2, 0.25) is 0 Å². The van der Waals surface area contributed by atoms with Crippen molar-refractivity contribution in [3.05, 3.63) is 30.3 Å². The molecule has 116 valence electrons. The quantitative estimate of drug-likeness (QED) is 0.620. The van der Waals surface area contributed by atoms with Gasteiger partial charge in [-0.25, -0.2) is 0 Å². The number of nitrogens with one attached hydrogen (secondary N) is 1. The molecular weight excluding hydrogens is 266 g/mol. The van der Waals surface area contributed by atoms with Gasteiger partial charge in [0, 0.05) is 6.54 Å². The number of hydrogen-bond acceptors (Lipinski definition) is 4. The van der Waals surface area contributed by atoms with Crippen LogP contribution in [-0.4, -0.2) is 32.3 Å². The molecule has 21 heavy (non-hydrogen) atoms. The van der Waals surface area contributed by atoms with E-state index in [2.05, 4.69) is 12.2 Å². The van der Waals surface area contributed by atoms with Crippen LogP contribution >= 0.6 is 0 Å². The number of rotatable bonds is 7. The van der Waals surface area contributed by atoms with Crippen molar-refractivity contribution >= 4 is 5.97 Å². The molecule has 1 N–H and O–H groups in total. The maximum Gasteiger partial charge on any atom is 0.313 e. The van der Waals surface area contributed by atoms with Gasteiger partial charge in [0.05, 0.1) is 5.41 Å². The second-order valence-electron chi connectivity index (χ2n) is 5.61. The van der Waals surface area contributed by atoms with E-state index in [9.17, 15) is 4.79 Å². The van der Waals surface area contributed by atoms with E-state index in [1.54, 1.807) is 0 Å². The van der Waals surface area contributed by atoms with Crippen LogP contribution < -0.4 is 10.1 Å². The average molecular weight is 291 g/mol. The molecule has 1 aromatic rings. The molecule has 1 aromatic carbocycles. The summed E-state index contributed by atoms with van der Waals surface area (Å²) in [6.07, 6.45) is 3.84. The Morgan fingerprint density at radius 1 is 1.29 bits per heavy atom. The fraction of sp³-hybridized carbons (Fsp3) is 0.588. The van der Waals surface area contributed by atoms with Crippen LogP contribution in [0.3, 0.4) is 0 Å². The molecule has 1 atom stereocenters. The van der Waals surface area contributed by atoms with Crippen molar-refractivity contribution in [2.24, 2.45) is 5.41 Å². The SMILES string of the molecule is CCCC1(C(=O)OCCOc2ccccc2)CCCNC1. The highest BCUT2D eigenvalue weighted by molar-refractivity contribution is 5.77. The Morgan fingerprint density at radius 3 is 2.76 bits per heavy atom. The number of carbonyl (C=O) groups is 1. The molecule has 0 bridgehead atoms. The number of ether oxygens (including phenoxy) is 2. The average Bonchev–Trinajstić information content (AvgIpc) is 2.53. The number of esters is 1. The molecule has 0 amide bonds. The smallest absolute Gasteiger partial charge is 0.313 e. The molecule has 1 unspecified atom stereocenters. The van der Waals surface area contributed by atoms with Crippen molar-refractivity contribution in [2.75, 3.05) is 26.3 Å². The summed E-state index contributed by atoms with van der Waals surface area (Å²) in [5.74, 6) is 0.726. The molecule has 1 heterocycles. The van der Waals surface area contributed by atoms with Gasteiger partial charge < -0.3 is 14.8 Å². The zero-order chi connectivity index (χ0) is 15.0. The third-order valence-electron chi connectivity index (χ3n) is 3.96. The van der Waals surface area contributed by atoms with Gasteiger partial charge in [-0.15, -0.1) is 0 Å². The Labute approximate surface area is 126 Å². The minimum Gasteiger partial charge on any atom is -0.490 e. The number of piperidine rings is 1. The maximum absolute atomic E-state index is 12.4. The lowest BCUT2D eigenvalue weighted by atomic mass is 9.77. The summed E-state index contributed by atoms with van der Waals surface area (Å²) in [7, 11) is 0. The monoisotopic (exact) mass is 291 g/mol. The number of carbonyl (C=O) groups excluding carboxylic acids is 1. The largest absolute Gasteiger partial charge is 0.490 e. The third-order valence-corrected chi connectivity index (χ3v) is 3.96. The second-order valence-corrected chi connectivity index (χ2v) is 5.61. The van der Waals surface area contributed by atoms with Gasteiger partial charge in [-0.2, -0.15) is 0 Å². The molecule has 0 aromatic heterocycles. The molecule has 1 aliphatic rings. The Kier molecular flexibility index (Phi) is 6.05. The molecule has 4 heteroatoms. The van der Waals surface area contributed by atoms with Gasteiger partial charge in [-0.1, -0.05) is 31.5 Å². The van der Waals surface area contributed by atoms with Crippen molar-refractivity contribution in [2.45, 2.75) is 32.6 Å². The van der Waals surface area contributed by atoms with Crippen LogP contribution in [0.15, 0.2) is 30.3 Å². The van der Waals surface area contributed by atoms with Gasteiger partial charge in [0.25, 0.3) is 0 Å². The predicted octanol–water partition coefficient (Wildman–Crippen LogP) is 2.78. The second kappa shape index (κ2) is 8.03. The summed E-state index contributed by atoms with van der Waals surface area (Å²) in [6.45, 7) is 4.54. The van der Waals surface area contributed by atoms with Crippen LogP contribution in [0.4, 0.5) is 0 Å². The first-order valence-electron chi connectivity index (χ1n) is 7.83. The van der Waals surface area contributed by atoms with E-state index in [0.717, 1.165) is 44.5 Å². The molecule has 0 aliphatic carbocycles. The van der Waals surface area contributed by atoms with Crippen LogP contribution in [-0.2, 0) is 9.53 Å². The van der Waals surface area contributed by atoms with Crippen molar-refractivity contribution in [3.63, 3.8) is 0 Å². The lowest BCUT2D eigenvalue weighted by molar-refractivity contribution is -0.158. The first-order valence-corrected chi connectivity index (χ1v) is 7.83. The molecule has 0 radical (unpaired) electrons. The highest BCUT2D eigenvalue weighted by Crippen LogP contribution is 2.33. The topological polar surface area (TPSA) is 47.6 Å². The normalized spacial score (nSPS) is 21.8. The fourth-order valence-electron chi connectivity index (χ4n) is 2.90. The summed E-state index contributed by atoms with van der Waals surface area (Å²) < 4.78 is 11.0. The minimum absolute atomic E-state index is 0.0757. The van der Waals surface area contributed by atoms with Gasteiger partial charge in [0.1, 0.15) is 19.0 Å². The highest BCUT2D eigenvalue weighted by atomic mass is 16.6. The van der Waals surface area contributed by atoms with Crippen LogP contribution in [0.1, 0.15) is 32.6 Å². The van der Waals surface area contributed by atoms with Gasteiger partial charge in [0.2, 0.25) is 0 Å². The van der Waals surface area contributed by atoms with E-state index in [1.165, 1.54) is 0 Å². The van der Waals surface area contributed by atoms with E-state index < -0.39 is 0 Å². The van der Waals surface area contributed by atoms with Crippen LogP contribution in [0.25, 0.3) is 0 Å². The lowest BCUT2D eigenvalue weighted by Gasteiger charge is -2.35. The van der Waals surface area contributed by atoms with Crippen molar-refractivity contribution in [3.8, 4) is 5.75 Å². The van der Waals surface area contributed by atoms with Gasteiger partial charge in [-0.3, -0.25) is 4.79 Å².